The predicted octanol–water partition coefficient (Wildman–Crippen LogP) is 3.72. The summed E-state index contributed by atoms with van der Waals surface area (Å²) in [4.78, 5) is 0. The summed E-state index contributed by atoms with van der Waals surface area (Å²) >= 11 is 6.16. The zero-order valence-corrected chi connectivity index (χ0v) is 12.1. The van der Waals surface area contributed by atoms with Crippen LogP contribution in [0.4, 0.5) is 0 Å². The van der Waals surface area contributed by atoms with E-state index in [1.54, 1.807) is 0 Å². The van der Waals surface area contributed by atoms with E-state index < -0.39 is 0 Å². The molecule has 0 amide bonds. The van der Waals surface area contributed by atoms with Gasteiger partial charge >= 0.3 is 0 Å². The van der Waals surface area contributed by atoms with E-state index in [4.69, 9.17) is 16.3 Å². The van der Waals surface area contributed by atoms with Crippen LogP contribution in [-0.4, -0.2) is 18.7 Å². The van der Waals surface area contributed by atoms with E-state index in [1.807, 2.05) is 19.9 Å². The summed E-state index contributed by atoms with van der Waals surface area (Å²) in [5.41, 5.74) is 2.37. The molecule has 96 valence electrons. The topological polar surface area (TPSA) is 21.3 Å². The van der Waals surface area contributed by atoms with E-state index >= 15 is 0 Å². The molecule has 0 unspecified atom stereocenters. The maximum absolute atomic E-state index is 6.16. The minimum Gasteiger partial charge on any atom is -0.490 e. The molecule has 0 atom stereocenters. The van der Waals surface area contributed by atoms with Gasteiger partial charge in [-0.2, -0.15) is 0 Å². The summed E-state index contributed by atoms with van der Waals surface area (Å²) in [7, 11) is 0. The Labute approximate surface area is 109 Å². The lowest BCUT2D eigenvalue weighted by Gasteiger charge is -2.21. The first-order valence-corrected chi connectivity index (χ1v) is 6.32. The normalized spacial score (nSPS) is 11.6. The van der Waals surface area contributed by atoms with Crippen LogP contribution >= 0.6 is 11.6 Å². The summed E-state index contributed by atoms with van der Waals surface area (Å²) in [6, 6.07) is 4.01. The molecule has 2 nitrogen and oxygen atoms in total. The summed E-state index contributed by atoms with van der Waals surface area (Å²) < 4.78 is 5.72. The molecular weight excluding hydrogens is 234 g/mol. The molecule has 0 spiro atoms. The van der Waals surface area contributed by atoms with Gasteiger partial charge in [0.15, 0.2) is 0 Å². The molecule has 0 aliphatic rings. The van der Waals surface area contributed by atoms with Gasteiger partial charge in [0.25, 0.3) is 0 Å². The second-order valence-electron chi connectivity index (χ2n) is 5.42. The molecule has 1 aromatic rings. The molecule has 17 heavy (non-hydrogen) atoms. The van der Waals surface area contributed by atoms with Crippen LogP contribution < -0.4 is 10.1 Å². The smallest absolute Gasteiger partial charge is 0.140 e. The van der Waals surface area contributed by atoms with Crippen LogP contribution in [0.2, 0.25) is 5.02 Å². The van der Waals surface area contributed by atoms with Gasteiger partial charge in [-0.25, -0.2) is 0 Å². The Bertz CT molecular complexity index is 359. The lowest BCUT2D eigenvalue weighted by Crippen LogP contribution is -2.38. The summed E-state index contributed by atoms with van der Waals surface area (Å²) in [6.45, 7) is 11.9. The highest BCUT2D eigenvalue weighted by molar-refractivity contribution is 6.32. The lowest BCUT2D eigenvalue weighted by molar-refractivity contribution is 0.289. The van der Waals surface area contributed by atoms with Crippen LogP contribution in [0, 0.1) is 13.8 Å². The van der Waals surface area contributed by atoms with Crippen LogP contribution in [0.3, 0.4) is 0 Å². The van der Waals surface area contributed by atoms with Gasteiger partial charge < -0.3 is 10.1 Å². The van der Waals surface area contributed by atoms with Gasteiger partial charge in [-0.1, -0.05) is 17.7 Å². The Kier molecular flexibility index (Phi) is 4.84. The van der Waals surface area contributed by atoms with Gasteiger partial charge in [0.1, 0.15) is 12.4 Å². The first-order chi connectivity index (χ1) is 7.79. The van der Waals surface area contributed by atoms with Crippen molar-refractivity contribution in [1.29, 1.82) is 0 Å². The molecule has 0 aliphatic heterocycles. The van der Waals surface area contributed by atoms with Crippen LogP contribution in [0.15, 0.2) is 12.1 Å². The molecule has 1 N–H and O–H groups in total. The minimum atomic E-state index is 0.121. The fraction of sp³-hybridized carbons (Fsp3) is 0.571. The van der Waals surface area contributed by atoms with Gasteiger partial charge in [0.05, 0.1) is 5.02 Å². The average molecular weight is 256 g/mol. The van der Waals surface area contributed by atoms with Crippen molar-refractivity contribution < 1.29 is 4.74 Å². The third-order valence-corrected chi connectivity index (χ3v) is 2.66. The fourth-order valence-electron chi connectivity index (χ4n) is 1.66. The number of halogens is 1. The number of ether oxygens (including phenoxy) is 1. The van der Waals surface area contributed by atoms with Gasteiger partial charge in [0, 0.05) is 12.1 Å². The zero-order chi connectivity index (χ0) is 13.1. The number of rotatable bonds is 4. The van der Waals surface area contributed by atoms with Crippen LogP contribution in [0.5, 0.6) is 5.75 Å². The Hall–Kier alpha value is -0.730. The largest absolute Gasteiger partial charge is 0.490 e. The van der Waals surface area contributed by atoms with E-state index in [9.17, 15) is 0 Å². The van der Waals surface area contributed by atoms with Crippen molar-refractivity contribution in [2.24, 2.45) is 0 Å². The molecule has 0 heterocycles. The molecule has 0 fully saturated rings. The quantitative estimate of drug-likeness (QED) is 0.828. The van der Waals surface area contributed by atoms with E-state index in [0.29, 0.717) is 11.6 Å². The number of aryl methyl sites for hydroxylation is 2. The molecule has 0 saturated heterocycles. The minimum absolute atomic E-state index is 0.121. The molecular formula is C14H22ClNO. The van der Waals surface area contributed by atoms with Crippen molar-refractivity contribution in [3.8, 4) is 5.75 Å². The molecule has 0 aliphatic carbocycles. The van der Waals surface area contributed by atoms with Crippen molar-refractivity contribution in [2.75, 3.05) is 13.2 Å². The average Bonchev–Trinajstić information content (AvgIpc) is 2.13. The summed E-state index contributed by atoms with van der Waals surface area (Å²) in [5.74, 6) is 0.799. The molecule has 0 bridgehead atoms. The van der Waals surface area contributed by atoms with Crippen LogP contribution in [0.1, 0.15) is 31.9 Å². The summed E-state index contributed by atoms with van der Waals surface area (Å²) in [6.07, 6.45) is 0. The van der Waals surface area contributed by atoms with Crippen molar-refractivity contribution in [3.05, 3.63) is 28.3 Å². The second-order valence-corrected chi connectivity index (χ2v) is 5.83. The highest BCUT2D eigenvalue weighted by Crippen LogP contribution is 2.29. The van der Waals surface area contributed by atoms with Crippen LogP contribution in [-0.2, 0) is 0 Å². The SMILES string of the molecule is Cc1cc(C)c(OCCNC(C)(C)C)c(Cl)c1. The first-order valence-electron chi connectivity index (χ1n) is 5.94. The Morgan fingerprint density at radius 2 is 1.88 bits per heavy atom. The highest BCUT2D eigenvalue weighted by atomic mass is 35.5. The third kappa shape index (κ3) is 4.97. The predicted molar refractivity (Wildman–Crippen MR) is 74.2 cm³/mol. The number of hydrogen-bond acceptors (Lipinski definition) is 2. The van der Waals surface area contributed by atoms with Gasteiger partial charge in [-0.3, -0.25) is 0 Å². The van der Waals surface area contributed by atoms with Gasteiger partial charge in [0.2, 0.25) is 0 Å². The third-order valence-electron chi connectivity index (χ3n) is 2.38. The molecule has 0 radical (unpaired) electrons. The van der Waals surface area contributed by atoms with Crippen molar-refractivity contribution in [3.63, 3.8) is 0 Å². The highest BCUT2D eigenvalue weighted by Gasteiger charge is 2.09. The Balaban J connectivity index is 2.53. The Morgan fingerprint density at radius 3 is 2.41 bits per heavy atom. The lowest BCUT2D eigenvalue weighted by atomic mass is 10.1. The standard InChI is InChI=1S/C14H22ClNO/c1-10-8-11(2)13(12(15)9-10)17-7-6-16-14(3,4)5/h8-9,16H,6-7H2,1-5H3. The maximum Gasteiger partial charge on any atom is 0.140 e. The van der Waals surface area contributed by atoms with E-state index in [0.717, 1.165) is 23.4 Å². The van der Waals surface area contributed by atoms with E-state index in [-0.39, 0.29) is 5.54 Å². The van der Waals surface area contributed by atoms with Gasteiger partial charge in [-0.15, -0.1) is 0 Å². The zero-order valence-electron chi connectivity index (χ0n) is 11.4. The second kappa shape index (κ2) is 5.74. The number of nitrogens with one attached hydrogen (secondary N) is 1. The monoisotopic (exact) mass is 255 g/mol. The molecule has 3 heteroatoms. The summed E-state index contributed by atoms with van der Waals surface area (Å²) in [5, 5.41) is 4.07. The Morgan fingerprint density at radius 1 is 1.24 bits per heavy atom. The van der Waals surface area contributed by atoms with Crippen molar-refractivity contribution >= 4 is 11.6 Å². The first kappa shape index (κ1) is 14.3. The molecule has 1 aromatic carbocycles. The van der Waals surface area contributed by atoms with E-state index in [2.05, 4.69) is 32.2 Å². The van der Waals surface area contributed by atoms with Crippen LogP contribution in [0.25, 0.3) is 0 Å². The molecule has 0 aromatic heterocycles. The van der Waals surface area contributed by atoms with E-state index in [1.165, 1.54) is 0 Å². The number of benzene rings is 1. The number of hydrogen-bond donors (Lipinski definition) is 1. The molecule has 0 saturated carbocycles. The molecule has 1 rings (SSSR count). The maximum atomic E-state index is 6.16. The van der Waals surface area contributed by atoms with Gasteiger partial charge in [-0.05, 0) is 51.8 Å². The van der Waals surface area contributed by atoms with Crippen molar-refractivity contribution in [1.82, 2.24) is 5.32 Å². The van der Waals surface area contributed by atoms with Crippen molar-refractivity contribution in [2.45, 2.75) is 40.2 Å². The fourth-order valence-corrected chi connectivity index (χ4v) is 2.04.